The summed E-state index contributed by atoms with van der Waals surface area (Å²) >= 11 is 0. The molecule has 1 aliphatic rings. The first-order valence-corrected chi connectivity index (χ1v) is 4.95. The normalized spacial score (nSPS) is 19.9. The van der Waals surface area contributed by atoms with E-state index in [-0.39, 0.29) is 11.7 Å². The molecule has 2 nitrogen and oxygen atoms in total. The van der Waals surface area contributed by atoms with Gasteiger partial charge in [-0.15, -0.1) is 0 Å². The van der Waals surface area contributed by atoms with E-state index in [9.17, 15) is 0 Å². The van der Waals surface area contributed by atoms with Crippen molar-refractivity contribution in [2.75, 3.05) is 0 Å². The highest BCUT2D eigenvalue weighted by atomic mass is 16.7. The Balaban J connectivity index is 2.38. The van der Waals surface area contributed by atoms with Gasteiger partial charge in [0.05, 0.1) is 0 Å². The van der Waals surface area contributed by atoms with Crippen molar-refractivity contribution >= 4 is 0 Å². The molecule has 0 saturated heterocycles. The lowest BCUT2D eigenvalue weighted by molar-refractivity contribution is 0.0678. The molecule has 0 N–H and O–H groups in total. The summed E-state index contributed by atoms with van der Waals surface area (Å²) in [7, 11) is 0. The molecule has 1 aromatic carbocycles. The van der Waals surface area contributed by atoms with Gasteiger partial charge in [-0.25, -0.2) is 0 Å². The highest BCUT2D eigenvalue weighted by Crippen LogP contribution is 2.37. The molecular weight excluding hydrogens is 176 g/mol. The van der Waals surface area contributed by atoms with Gasteiger partial charge in [-0.3, -0.25) is 0 Å². The van der Waals surface area contributed by atoms with Crippen LogP contribution >= 0.6 is 0 Å². The van der Waals surface area contributed by atoms with Crippen LogP contribution in [-0.2, 0) is 5.41 Å². The molecule has 76 valence electrons. The molecule has 1 atom stereocenters. The predicted octanol–water partition coefficient (Wildman–Crippen LogP) is 3.10. The summed E-state index contributed by atoms with van der Waals surface area (Å²) in [5.74, 6) is 1.72. The zero-order valence-electron chi connectivity index (χ0n) is 9.13. The smallest absolute Gasteiger partial charge is 0.238 e. The van der Waals surface area contributed by atoms with Crippen LogP contribution in [0.1, 0.15) is 33.3 Å². The van der Waals surface area contributed by atoms with E-state index in [2.05, 4.69) is 32.9 Å². The molecule has 0 aliphatic carbocycles. The third-order valence-electron chi connectivity index (χ3n) is 2.40. The van der Waals surface area contributed by atoms with Gasteiger partial charge in [0.2, 0.25) is 6.29 Å². The number of hydrogen-bond donors (Lipinski definition) is 0. The Kier molecular flexibility index (Phi) is 1.95. The van der Waals surface area contributed by atoms with Crippen molar-refractivity contribution in [1.29, 1.82) is 0 Å². The number of hydrogen-bond acceptors (Lipinski definition) is 2. The molecule has 0 saturated carbocycles. The van der Waals surface area contributed by atoms with Crippen molar-refractivity contribution in [3.05, 3.63) is 23.8 Å². The minimum Gasteiger partial charge on any atom is -0.451 e. The molecule has 0 bridgehead atoms. The van der Waals surface area contributed by atoms with Gasteiger partial charge in [0, 0.05) is 6.92 Å². The van der Waals surface area contributed by atoms with Gasteiger partial charge in [-0.1, -0.05) is 26.8 Å². The lowest BCUT2D eigenvalue weighted by atomic mass is 9.87. The number of fused-ring (bicyclic) bond motifs is 1. The number of benzene rings is 1. The lowest BCUT2D eigenvalue weighted by Gasteiger charge is -2.18. The maximum atomic E-state index is 5.52. The Bertz CT molecular complexity index is 350. The minimum atomic E-state index is -0.153. The summed E-state index contributed by atoms with van der Waals surface area (Å²) in [5, 5.41) is 0. The fourth-order valence-electron chi connectivity index (χ4n) is 1.55. The SMILES string of the molecule is CC1Oc2ccc(C(C)(C)C)cc2O1. The van der Waals surface area contributed by atoms with Gasteiger partial charge in [-0.05, 0) is 23.1 Å². The summed E-state index contributed by atoms with van der Waals surface area (Å²) < 4.78 is 11.0. The van der Waals surface area contributed by atoms with Gasteiger partial charge in [0.15, 0.2) is 11.5 Å². The van der Waals surface area contributed by atoms with Crippen LogP contribution < -0.4 is 9.47 Å². The van der Waals surface area contributed by atoms with Crippen molar-refractivity contribution < 1.29 is 9.47 Å². The molecule has 1 aliphatic heterocycles. The fourth-order valence-corrected chi connectivity index (χ4v) is 1.55. The Morgan fingerprint density at radius 3 is 2.36 bits per heavy atom. The third kappa shape index (κ3) is 1.57. The van der Waals surface area contributed by atoms with Gasteiger partial charge < -0.3 is 9.47 Å². The van der Waals surface area contributed by atoms with Crippen LogP contribution in [0.4, 0.5) is 0 Å². The molecule has 2 rings (SSSR count). The summed E-state index contributed by atoms with van der Waals surface area (Å²) in [6.07, 6.45) is -0.153. The molecule has 0 fully saturated rings. The van der Waals surface area contributed by atoms with Gasteiger partial charge in [-0.2, -0.15) is 0 Å². The molecule has 2 heteroatoms. The summed E-state index contributed by atoms with van der Waals surface area (Å²) in [5.41, 5.74) is 1.43. The number of ether oxygens (including phenoxy) is 2. The van der Waals surface area contributed by atoms with Crippen LogP contribution in [0.15, 0.2) is 18.2 Å². The molecule has 14 heavy (non-hydrogen) atoms. The van der Waals surface area contributed by atoms with E-state index < -0.39 is 0 Å². The molecule has 1 aromatic rings. The maximum absolute atomic E-state index is 5.52. The first-order chi connectivity index (χ1) is 6.47. The first kappa shape index (κ1) is 9.38. The van der Waals surface area contributed by atoms with Crippen LogP contribution in [0.25, 0.3) is 0 Å². The quantitative estimate of drug-likeness (QED) is 0.628. The average Bonchev–Trinajstić information content (AvgIpc) is 2.41. The van der Waals surface area contributed by atoms with E-state index in [0.717, 1.165) is 11.5 Å². The number of rotatable bonds is 0. The van der Waals surface area contributed by atoms with Crippen molar-refractivity contribution in [1.82, 2.24) is 0 Å². The largest absolute Gasteiger partial charge is 0.451 e. The zero-order valence-corrected chi connectivity index (χ0v) is 9.13. The van der Waals surface area contributed by atoms with E-state index in [0.29, 0.717) is 0 Å². The summed E-state index contributed by atoms with van der Waals surface area (Å²) in [6, 6.07) is 6.15. The highest BCUT2D eigenvalue weighted by Gasteiger charge is 2.23. The van der Waals surface area contributed by atoms with Gasteiger partial charge in [0.25, 0.3) is 0 Å². The molecule has 0 radical (unpaired) electrons. The minimum absolute atomic E-state index is 0.153. The van der Waals surface area contributed by atoms with E-state index in [1.165, 1.54) is 5.56 Å². The second-order valence-corrected chi connectivity index (χ2v) is 4.71. The van der Waals surface area contributed by atoms with E-state index >= 15 is 0 Å². The third-order valence-corrected chi connectivity index (χ3v) is 2.40. The Morgan fingerprint density at radius 1 is 1.07 bits per heavy atom. The molecule has 0 spiro atoms. The lowest BCUT2D eigenvalue weighted by Crippen LogP contribution is -2.11. The molecular formula is C12H16O2. The van der Waals surface area contributed by atoms with Crippen LogP contribution in [0.3, 0.4) is 0 Å². The summed E-state index contributed by atoms with van der Waals surface area (Å²) in [6.45, 7) is 8.46. The Hall–Kier alpha value is -1.18. The highest BCUT2D eigenvalue weighted by molar-refractivity contribution is 5.46. The standard InChI is InChI=1S/C12H16O2/c1-8-13-10-6-5-9(12(2,3)4)7-11(10)14-8/h5-8H,1-4H3. The van der Waals surface area contributed by atoms with Crippen LogP contribution in [0, 0.1) is 0 Å². The second kappa shape index (κ2) is 2.91. The topological polar surface area (TPSA) is 18.5 Å². The van der Waals surface area contributed by atoms with Crippen LogP contribution in [-0.4, -0.2) is 6.29 Å². The van der Waals surface area contributed by atoms with Gasteiger partial charge >= 0.3 is 0 Å². The van der Waals surface area contributed by atoms with Crippen LogP contribution in [0.5, 0.6) is 11.5 Å². The second-order valence-electron chi connectivity index (χ2n) is 4.71. The monoisotopic (exact) mass is 192 g/mol. The van der Waals surface area contributed by atoms with E-state index in [4.69, 9.17) is 9.47 Å². The Labute approximate surface area is 84.8 Å². The first-order valence-electron chi connectivity index (χ1n) is 4.95. The van der Waals surface area contributed by atoms with Gasteiger partial charge in [0.1, 0.15) is 0 Å². The van der Waals surface area contributed by atoms with Crippen molar-refractivity contribution in [2.45, 2.75) is 39.4 Å². The summed E-state index contributed by atoms with van der Waals surface area (Å²) in [4.78, 5) is 0. The zero-order chi connectivity index (χ0) is 10.3. The molecule has 0 aromatic heterocycles. The van der Waals surface area contributed by atoms with Crippen LogP contribution in [0.2, 0.25) is 0 Å². The molecule has 1 heterocycles. The average molecular weight is 192 g/mol. The fraction of sp³-hybridized carbons (Fsp3) is 0.500. The molecule has 0 amide bonds. The van der Waals surface area contributed by atoms with E-state index in [1.807, 2.05) is 13.0 Å². The van der Waals surface area contributed by atoms with E-state index in [1.54, 1.807) is 0 Å². The predicted molar refractivity (Wildman–Crippen MR) is 55.9 cm³/mol. The maximum Gasteiger partial charge on any atom is 0.238 e. The van der Waals surface area contributed by atoms with Crippen molar-refractivity contribution in [2.24, 2.45) is 0 Å². The molecule has 1 unspecified atom stereocenters. The Morgan fingerprint density at radius 2 is 1.71 bits per heavy atom. The van der Waals surface area contributed by atoms with Crippen molar-refractivity contribution in [3.8, 4) is 11.5 Å². The van der Waals surface area contributed by atoms with Crippen molar-refractivity contribution in [3.63, 3.8) is 0 Å².